The third-order valence-corrected chi connectivity index (χ3v) is 3.85. The van der Waals surface area contributed by atoms with Crippen LogP contribution in [0.3, 0.4) is 0 Å². The summed E-state index contributed by atoms with van der Waals surface area (Å²) < 4.78 is 0. The summed E-state index contributed by atoms with van der Waals surface area (Å²) in [5.41, 5.74) is 4.75. The van der Waals surface area contributed by atoms with Crippen LogP contribution in [0.1, 0.15) is 65.7 Å². The summed E-state index contributed by atoms with van der Waals surface area (Å²) in [6, 6.07) is 0. The van der Waals surface area contributed by atoms with Gasteiger partial charge in [0.1, 0.15) is 4.99 Å². The Hall–Kier alpha value is -0.610. The molecular formula is C15H29N3S. The molecule has 0 aromatic carbocycles. The molecule has 3 nitrogen and oxygen atoms in total. The minimum Gasteiger partial charge on any atom is -0.298 e. The number of nitrogens with one attached hydrogen (secondary N) is 1. The molecular weight excluding hydrogens is 254 g/mol. The molecule has 1 N–H and O–H groups in total. The predicted octanol–water partition coefficient (Wildman–Crippen LogP) is 4.03. The van der Waals surface area contributed by atoms with E-state index in [4.69, 9.17) is 12.2 Å². The van der Waals surface area contributed by atoms with Crippen molar-refractivity contribution in [3.63, 3.8) is 0 Å². The van der Waals surface area contributed by atoms with Crippen LogP contribution in [0.15, 0.2) is 11.8 Å². The van der Waals surface area contributed by atoms with Gasteiger partial charge in [-0.15, -0.1) is 5.53 Å². The lowest BCUT2D eigenvalue weighted by Gasteiger charge is -2.38. The highest BCUT2D eigenvalue weighted by Gasteiger charge is 2.20. The smallest absolute Gasteiger partial charge is 0.122 e. The van der Waals surface area contributed by atoms with Crippen molar-refractivity contribution < 1.29 is 0 Å². The van der Waals surface area contributed by atoms with Crippen molar-refractivity contribution in [3.05, 3.63) is 11.8 Å². The quantitative estimate of drug-likeness (QED) is 0.644. The molecule has 19 heavy (non-hydrogen) atoms. The molecule has 0 fully saturated rings. The maximum atomic E-state index is 5.61. The van der Waals surface area contributed by atoms with Crippen LogP contribution in [0.25, 0.3) is 0 Å². The van der Waals surface area contributed by atoms with E-state index in [2.05, 4.69) is 42.5 Å². The Morgan fingerprint density at radius 1 is 1.00 bits per heavy atom. The van der Waals surface area contributed by atoms with Gasteiger partial charge in [0.05, 0.1) is 0 Å². The molecule has 0 unspecified atom stereocenters. The van der Waals surface area contributed by atoms with Gasteiger partial charge in [0.2, 0.25) is 0 Å². The van der Waals surface area contributed by atoms with Crippen molar-refractivity contribution in [1.82, 2.24) is 15.6 Å². The van der Waals surface area contributed by atoms with E-state index >= 15 is 0 Å². The van der Waals surface area contributed by atoms with E-state index < -0.39 is 0 Å². The minimum absolute atomic E-state index is 0.995. The van der Waals surface area contributed by atoms with Gasteiger partial charge in [-0.25, -0.2) is 0 Å². The summed E-state index contributed by atoms with van der Waals surface area (Å²) in [4.78, 5) is 0.995. The molecule has 1 rings (SSSR count). The van der Waals surface area contributed by atoms with Gasteiger partial charge in [0, 0.05) is 24.9 Å². The van der Waals surface area contributed by atoms with Gasteiger partial charge in [0.25, 0.3) is 0 Å². The van der Waals surface area contributed by atoms with E-state index in [0.29, 0.717) is 0 Å². The van der Waals surface area contributed by atoms with Crippen LogP contribution < -0.4 is 5.53 Å². The summed E-state index contributed by atoms with van der Waals surface area (Å²) in [6.45, 7) is 8.73. The van der Waals surface area contributed by atoms with Crippen LogP contribution in [0.4, 0.5) is 0 Å². The van der Waals surface area contributed by atoms with Gasteiger partial charge >= 0.3 is 0 Å². The van der Waals surface area contributed by atoms with Crippen LogP contribution >= 0.6 is 12.2 Å². The summed E-state index contributed by atoms with van der Waals surface area (Å²) in [6.07, 6.45) is 10.6. The van der Waals surface area contributed by atoms with Gasteiger partial charge in [-0.1, -0.05) is 52.3 Å². The highest BCUT2D eigenvalue weighted by atomic mass is 32.1. The Balaban J connectivity index is 2.66. The van der Waals surface area contributed by atoms with Crippen molar-refractivity contribution in [2.24, 2.45) is 0 Å². The lowest BCUT2D eigenvalue weighted by atomic mass is 10.1. The fourth-order valence-electron chi connectivity index (χ4n) is 2.10. The third-order valence-electron chi connectivity index (χ3n) is 3.37. The summed E-state index contributed by atoms with van der Waals surface area (Å²) in [5, 5.41) is 4.36. The second-order valence-electron chi connectivity index (χ2n) is 5.22. The van der Waals surface area contributed by atoms with E-state index in [1.54, 1.807) is 0 Å². The van der Waals surface area contributed by atoms with Crippen molar-refractivity contribution in [2.45, 2.75) is 65.7 Å². The minimum atomic E-state index is 0.995. The van der Waals surface area contributed by atoms with Gasteiger partial charge in [-0.2, -0.15) is 0 Å². The zero-order valence-electron chi connectivity index (χ0n) is 12.7. The van der Waals surface area contributed by atoms with Crippen molar-refractivity contribution >= 4 is 17.2 Å². The number of nitrogens with zero attached hydrogens (tertiary/aromatic N) is 2. The lowest BCUT2D eigenvalue weighted by molar-refractivity contribution is 0.111. The van der Waals surface area contributed by atoms with E-state index in [1.165, 1.54) is 44.1 Å². The highest BCUT2D eigenvalue weighted by Crippen LogP contribution is 2.17. The van der Waals surface area contributed by atoms with Gasteiger partial charge in [0.15, 0.2) is 0 Å². The Labute approximate surface area is 124 Å². The molecule has 0 atom stereocenters. The van der Waals surface area contributed by atoms with E-state index in [9.17, 15) is 0 Å². The van der Waals surface area contributed by atoms with E-state index in [1.807, 2.05) is 0 Å². The number of thiocarbonyl (C=S) groups is 1. The molecule has 0 spiro atoms. The van der Waals surface area contributed by atoms with Crippen LogP contribution in [0, 0.1) is 0 Å². The standard InChI is InChI=1S/C15H29N3S/c1-4-7-10-14-13-17(11-8-5-2)16-18(15(14)19)12-9-6-3/h13,16H,4-12H2,1-3H3. The second-order valence-corrected chi connectivity index (χ2v) is 5.60. The van der Waals surface area contributed by atoms with Crippen molar-refractivity contribution in [2.75, 3.05) is 13.1 Å². The van der Waals surface area contributed by atoms with Crippen LogP contribution in [-0.2, 0) is 0 Å². The van der Waals surface area contributed by atoms with Gasteiger partial charge in [-0.05, 0) is 25.7 Å². The molecule has 1 heterocycles. The molecule has 4 heteroatoms. The zero-order valence-corrected chi connectivity index (χ0v) is 13.6. The average Bonchev–Trinajstić information content (AvgIpc) is 2.43. The monoisotopic (exact) mass is 283 g/mol. The van der Waals surface area contributed by atoms with Crippen molar-refractivity contribution in [3.8, 4) is 0 Å². The molecule has 0 bridgehead atoms. The number of hydrazine groups is 2. The molecule has 0 saturated carbocycles. The summed E-state index contributed by atoms with van der Waals surface area (Å²) in [7, 11) is 0. The maximum Gasteiger partial charge on any atom is 0.122 e. The molecule has 0 amide bonds. The number of rotatable bonds is 9. The van der Waals surface area contributed by atoms with E-state index in [-0.39, 0.29) is 0 Å². The third kappa shape index (κ3) is 5.49. The number of unbranched alkanes of at least 4 members (excludes halogenated alkanes) is 3. The molecule has 0 aromatic rings. The Morgan fingerprint density at radius 2 is 1.63 bits per heavy atom. The molecule has 0 aliphatic carbocycles. The van der Waals surface area contributed by atoms with Crippen molar-refractivity contribution in [1.29, 1.82) is 0 Å². The normalized spacial score (nSPS) is 15.9. The maximum absolute atomic E-state index is 5.61. The second kappa shape index (κ2) is 9.32. The molecule has 110 valence electrons. The topological polar surface area (TPSA) is 18.5 Å². The SMILES string of the molecule is CCCCC1=CN(CCCC)NN(CCCC)C1=S. The van der Waals surface area contributed by atoms with Crippen LogP contribution in [0.5, 0.6) is 0 Å². The zero-order chi connectivity index (χ0) is 14.1. The molecule has 1 aliphatic heterocycles. The Kier molecular flexibility index (Phi) is 8.07. The first-order valence-corrected chi connectivity index (χ1v) is 8.19. The summed E-state index contributed by atoms with van der Waals surface area (Å²) in [5.74, 6) is 0. The fourth-order valence-corrected chi connectivity index (χ4v) is 2.38. The van der Waals surface area contributed by atoms with Crippen LogP contribution in [-0.4, -0.2) is 28.1 Å². The first-order valence-electron chi connectivity index (χ1n) is 7.78. The first kappa shape index (κ1) is 16.4. The number of hydrogen-bond donors (Lipinski definition) is 1. The van der Waals surface area contributed by atoms with Gasteiger partial charge < -0.3 is 0 Å². The van der Waals surface area contributed by atoms with Gasteiger partial charge in [-0.3, -0.25) is 10.0 Å². The number of hydrogen-bond acceptors (Lipinski definition) is 3. The van der Waals surface area contributed by atoms with E-state index in [0.717, 1.165) is 24.5 Å². The van der Waals surface area contributed by atoms with Crippen LogP contribution in [0.2, 0.25) is 0 Å². The highest BCUT2D eigenvalue weighted by molar-refractivity contribution is 7.80. The fraction of sp³-hybridized carbons (Fsp3) is 0.800. The summed E-state index contributed by atoms with van der Waals surface area (Å²) >= 11 is 5.61. The molecule has 0 aromatic heterocycles. The molecule has 1 aliphatic rings. The Bertz CT molecular complexity index is 302. The lowest BCUT2D eigenvalue weighted by Crippen LogP contribution is -2.54. The average molecular weight is 283 g/mol. The molecule has 0 saturated heterocycles. The Morgan fingerprint density at radius 3 is 2.26 bits per heavy atom. The largest absolute Gasteiger partial charge is 0.298 e. The molecule has 0 radical (unpaired) electrons. The first-order chi connectivity index (χ1) is 9.22. The predicted molar refractivity (Wildman–Crippen MR) is 86.6 cm³/mol.